The number of rotatable bonds is 6. The lowest BCUT2D eigenvalue weighted by Crippen LogP contribution is -2.34. The number of hydrogen-bond acceptors (Lipinski definition) is 6. The number of sulfonamides is 1. The Kier molecular flexibility index (Phi) is 5.83. The Labute approximate surface area is 177 Å². The standard InChI is InChI=1S/C20H20FN3O4S2/c1-24(12-15-3-2-10-28-15)30(26,27)16-7-4-13(5-8-16)19(25)23-20-22-17-9-6-14(21)11-18(17)29-20/h4-9,11,15H,2-3,10,12H2,1H3,(H,22,23,25). The quantitative estimate of drug-likeness (QED) is 0.622. The Morgan fingerprint density at radius 2 is 2.07 bits per heavy atom. The highest BCUT2D eigenvalue weighted by Gasteiger charge is 2.26. The highest BCUT2D eigenvalue weighted by molar-refractivity contribution is 7.89. The van der Waals surface area contributed by atoms with Gasteiger partial charge in [-0.3, -0.25) is 10.1 Å². The van der Waals surface area contributed by atoms with Crippen LogP contribution in [0.15, 0.2) is 47.4 Å². The summed E-state index contributed by atoms with van der Waals surface area (Å²) in [5, 5.41) is 3.01. The topological polar surface area (TPSA) is 88.6 Å². The van der Waals surface area contributed by atoms with Crippen molar-refractivity contribution >= 4 is 42.6 Å². The summed E-state index contributed by atoms with van der Waals surface area (Å²) >= 11 is 1.16. The van der Waals surface area contributed by atoms with Gasteiger partial charge in [0.1, 0.15) is 5.82 Å². The number of nitrogens with zero attached hydrogens (tertiary/aromatic N) is 2. The van der Waals surface area contributed by atoms with Gasteiger partial charge in [0.05, 0.1) is 21.2 Å². The first-order chi connectivity index (χ1) is 14.3. The van der Waals surface area contributed by atoms with Crippen LogP contribution in [-0.4, -0.2) is 49.9 Å². The number of benzene rings is 2. The Morgan fingerprint density at radius 1 is 1.30 bits per heavy atom. The largest absolute Gasteiger partial charge is 0.377 e. The van der Waals surface area contributed by atoms with Gasteiger partial charge < -0.3 is 4.74 Å². The van der Waals surface area contributed by atoms with Crippen molar-refractivity contribution in [3.8, 4) is 0 Å². The monoisotopic (exact) mass is 449 g/mol. The van der Waals surface area contributed by atoms with E-state index in [1.165, 1.54) is 47.8 Å². The van der Waals surface area contributed by atoms with Crippen LogP contribution in [0.25, 0.3) is 10.2 Å². The first-order valence-corrected chi connectivity index (χ1v) is 11.6. The molecule has 7 nitrogen and oxygen atoms in total. The number of likely N-dealkylation sites (N-methyl/N-ethyl adjacent to an activating group) is 1. The molecule has 0 aliphatic carbocycles. The number of nitrogens with one attached hydrogen (secondary N) is 1. The Hall–Kier alpha value is -2.40. The molecule has 2 aromatic carbocycles. The highest BCUT2D eigenvalue weighted by atomic mass is 32.2. The van der Waals surface area contributed by atoms with Crippen molar-refractivity contribution in [3.63, 3.8) is 0 Å². The third-order valence-electron chi connectivity index (χ3n) is 4.88. The van der Waals surface area contributed by atoms with E-state index in [0.717, 1.165) is 24.2 Å². The van der Waals surface area contributed by atoms with Crippen LogP contribution in [0, 0.1) is 5.82 Å². The van der Waals surface area contributed by atoms with Crippen molar-refractivity contribution in [2.45, 2.75) is 23.8 Å². The lowest BCUT2D eigenvalue weighted by atomic mass is 10.2. The average Bonchev–Trinajstić information content (AvgIpc) is 3.37. The minimum atomic E-state index is -3.67. The first-order valence-electron chi connectivity index (χ1n) is 9.38. The number of ether oxygens (including phenoxy) is 1. The van der Waals surface area contributed by atoms with Gasteiger partial charge in [0.2, 0.25) is 10.0 Å². The van der Waals surface area contributed by atoms with E-state index in [4.69, 9.17) is 4.74 Å². The van der Waals surface area contributed by atoms with Crippen molar-refractivity contribution in [1.29, 1.82) is 0 Å². The molecule has 1 aromatic heterocycles. The third kappa shape index (κ3) is 4.36. The second-order valence-electron chi connectivity index (χ2n) is 7.03. The number of amides is 1. The molecule has 0 radical (unpaired) electrons. The molecule has 2 heterocycles. The van der Waals surface area contributed by atoms with Gasteiger partial charge in [0, 0.05) is 25.8 Å². The van der Waals surface area contributed by atoms with Crippen LogP contribution in [0.3, 0.4) is 0 Å². The summed E-state index contributed by atoms with van der Waals surface area (Å²) in [6.07, 6.45) is 1.70. The van der Waals surface area contributed by atoms with Crippen LogP contribution < -0.4 is 5.32 Å². The smallest absolute Gasteiger partial charge is 0.257 e. The number of fused-ring (bicyclic) bond motifs is 1. The van der Waals surface area contributed by atoms with Crippen LogP contribution >= 0.6 is 11.3 Å². The summed E-state index contributed by atoms with van der Waals surface area (Å²) in [6.45, 7) is 0.953. The third-order valence-corrected chi connectivity index (χ3v) is 7.65. The van der Waals surface area contributed by atoms with E-state index in [2.05, 4.69) is 10.3 Å². The van der Waals surface area contributed by atoms with Gasteiger partial charge in [-0.15, -0.1) is 0 Å². The van der Waals surface area contributed by atoms with Gasteiger partial charge in [-0.25, -0.2) is 17.8 Å². The fraction of sp³-hybridized carbons (Fsp3) is 0.300. The van der Waals surface area contributed by atoms with Gasteiger partial charge >= 0.3 is 0 Å². The van der Waals surface area contributed by atoms with Crippen LogP contribution in [0.4, 0.5) is 9.52 Å². The maximum atomic E-state index is 13.3. The fourth-order valence-electron chi connectivity index (χ4n) is 3.25. The van der Waals surface area contributed by atoms with E-state index in [1.54, 1.807) is 6.07 Å². The summed E-state index contributed by atoms with van der Waals surface area (Å²) in [6, 6.07) is 9.93. The van der Waals surface area contributed by atoms with E-state index in [1.807, 2.05) is 0 Å². The molecule has 1 amide bonds. The van der Waals surface area contributed by atoms with Gasteiger partial charge in [-0.2, -0.15) is 4.31 Å². The fourth-order valence-corrected chi connectivity index (χ4v) is 5.34. The maximum absolute atomic E-state index is 13.3. The van der Waals surface area contributed by atoms with Gasteiger partial charge in [0.15, 0.2) is 5.13 Å². The maximum Gasteiger partial charge on any atom is 0.257 e. The number of aromatic nitrogens is 1. The number of hydrogen-bond donors (Lipinski definition) is 1. The second kappa shape index (κ2) is 8.38. The lowest BCUT2D eigenvalue weighted by Gasteiger charge is -2.20. The molecule has 1 aliphatic heterocycles. The van der Waals surface area contributed by atoms with Crippen LogP contribution in [0.1, 0.15) is 23.2 Å². The molecule has 4 rings (SSSR count). The molecule has 158 valence electrons. The molecule has 0 spiro atoms. The zero-order valence-electron chi connectivity index (χ0n) is 16.2. The van der Waals surface area contributed by atoms with E-state index in [9.17, 15) is 17.6 Å². The molecule has 0 bridgehead atoms. The zero-order chi connectivity index (χ0) is 21.3. The first kappa shape index (κ1) is 20.9. The predicted molar refractivity (Wildman–Crippen MR) is 113 cm³/mol. The summed E-state index contributed by atoms with van der Waals surface area (Å²) in [5.74, 6) is -0.795. The number of halogens is 1. The van der Waals surface area contributed by atoms with Crippen molar-refractivity contribution < 1.29 is 22.3 Å². The summed E-state index contributed by atoms with van der Waals surface area (Å²) in [5.41, 5.74) is 0.883. The molecular weight excluding hydrogens is 429 g/mol. The minimum Gasteiger partial charge on any atom is -0.377 e. The normalized spacial score (nSPS) is 17.0. The van der Waals surface area contributed by atoms with E-state index < -0.39 is 15.9 Å². The van der Waals surface area contributed by atoms with Crippen molar-refractivity contribution in [2.75, 3.05) is 25.5 Å². The number of carbonyl (C=O) groups excluding carboxylic acids is 1. The van der Waals surface area contributed by atoms with Crippen molar-refractivity contribution in [2.24, 2.45) is 0 Å². The van der Waals surface area contributed by atoms with Crippen LogP contribution in [-0.2, 0) is 14.8 Å². The molecule has 10 heteroatoms. The van der Waals surface area contributed by atoms with Crippen molar-refractivity contribution in [1.82, 2.24) is 9.29 Å². The van der Waals surface area contributed by atoms with E-state index >= 15 is 0 Å². The predicted octanol–water partition coefficient (Wildman–Crippen LogP) is 3.49. The summed E-state index contributed by atoms with van der Waals surface area (Å²) < 4.78 is 46.2. The Morgan fingerprint density at radius 3 is 2.77 bits per heavy atom. The molecule has 1 saturated heterocycles. The SMILES string of the molecule is CN(CC1CCCO1)S(=O)(=O)c1ccc(C(=O)Nc2nc3ccc(F)cc3s2)cc1. The second-order valence-corrected chi connectivity index (χ2v) is 10.1. The lowest BCUT2D eigenvalue weighted by molar-refractivity contribution is 0.0979. The molecule has 1 unspecified atom stereocenters. The average molecular weight is 450 g/mol. The minimum absolute atomic E-state index is 0.0860. The molecule has 1 atom stereocenters. The molecular formula is C20H20FN3O4S2. The van der Waals surface area contributed by atoms with E-state index in [0.29, 0.717) is 34.1 Å². The Balaban J connectivity index is 1.45. The van der Waals surface area contributed by atoms with Crippen LogP contribution in [0.2, 0.25) is 0 Å². The Bertz CT molecular complexity index is 1170. The van der Waals surface area contributed by atoms with Gasteiger partial charge in [-0.05, 0) is 55.3 Å². The molecule has 1 aliphatic rings. The highest BCUT2D eigenvalue weighted by Crippen LogP contribution is 2.27. The van der Waals surface area contributed by atoms with Gasteiger partial charge in [0.25, 0.3) is 5.91 Å². The molecule has 1 fully saturated rings. The van der Waals surface area contributed by atoms with E-state index in [-0.39, 0.29) is 16.8 Å². The molecule has 3 aromatic rings. The summed E-state index contributed by atoms with van der Waals surface area (Å²) in [7, 11) is -2.15. The number of anilines is 1. The van der Waals surface area contributed by atoms with Crippen molar-refractivity contribution in [3.05, 3.63) is 53.8 Å². The molecule has 1 N–H and O–H groups in total. The zero-order valence-corrected chi connectivity index (χ0v) is 17.8. The molecule has 30 heavy (non-hydrogen) atoms. The number of thiazole rings is 1. The summed E-state index contributed by atoms with van der Waals surface area (Å²) in [4.78, 5) is 16.8. The van der Waals surface area contributed by atoms with Gasteiger partial charge in [-0.1, -0.05) is 11.3 Å². The molecule has 0 saturated carbocycles. The number of carbonyl (C=O) groups is 1. The van der Waals surface area contributed by atoms with Crippen LogP contribution in [0.5, 0.6) is 0 Å².